The molecule has 94 valence electrons. The molecule has 0 unspecified atom stereocenters. The summed E-state index contributed by atoms with van der Waals surface area (Å²) in [4.78, 5) is 12.1. The first-order valence-electron chi connectivity index (χ1n) is 5.96. The molecule has 17 heavy (non-hydrogen) atoms. The number of hydrogen-bond donors (Lipinski definition) is 2. The fourth-order valence-electron chi connectivity index (χ4n) is 1.43. The minimum atomic E-state index is -0.346. The Balaban J connectivity index is 2.97. The Hall–Kier alpha value is -1.51. The van der Waals surface area contributed by atoms with Gasteiger partial charge < -0.3 is 11.1 Å². The first-order chi connectivity index (χ1) is 7.77. The van der Waals surface area contributed by atoms with Crippen molar-refractivity contribution in [2.24, 2.45) is 5.41 Å². The van der Waals surface area contributed by atoms with Crippen molar-refractivity contribution in [3.63, 3.8) is 0 Å². The Kier molecular flexibility index (Phi) is 3.81. The molecule has 1 rings (SSSR count). The molecule has 1 amide bonds. The van der Waals surface area contributed by atoms with Crippen molar-refractivity contribution >= 4 is 17.3 Å². The maximum Gasteiger partial charge on any atom is 0.230 e. The minimum absolute atomic E-state index is 0.0484. The van der Waals surface area contributed by atoms with E-state index in [0.29, 0.717) is 0 Å². The molecule has 1 aromatic rings. The molecule has 0 spiro atoms. The van der Waals surface area contributed by atoms with Crippen LogP contribution in [-0.4, -0.2) is 5.91 Å². The van der Waals surface area contributed by atoms with Gasteiger partial charge in [-0.1, -0.05) is 20.8 Å². The van der Waals surface area contributed by atoms with E-state index in [1.807, 2.05) is 46.8 Å². The normalized spacial score (nSPS) is 11.4. The third-order valence-corrected chi connectivity index (χ3v) is 3.36. The maximum atomic E-state index is 12.1. The monoisotopic (exact) mass is 234 g/mol. The number of hydrogen-bond acceptors (Lipinski definition) is 2. The second kappa shape index (κ2) is 4.78. The molecule has 0 atom stereocenters. The summed E-state index contributed by atoms with van der Waals surface area (Å²) in [7, 11) is 0. The van der Waals surface area contributed by atoms with E-state index < -0.39 is 0 Å². The van der Waals surface area contributed by atoms with Crippen LogP contribution in [0.2, 0.25) is 0 Å². The van der Waals surface area contributed by atoms with Crippen LogP contribution in [0, 0.1) is 19.3 Å². The molecule has 3 nitrogen and oxygen atoms in total. The van der Waals surface area contributed by atoms with Gasteiger partial charge in [0, 0.05) is 16.8 Å². The van der Waals surface area contributed by atoms with Gasteiger partial charge in [-0.3, -0.25) is 4.79 Å². The number of amides is 1. The number of benzene rings is 1. The molecule has 0 bridgehead atoms. The summed E-state index contributed by atoms with van der Waals surface area (Å²) < 4.78 is 0. The summed E-state index contributed by atoms with van der Waals surface area (Å²) in [6, 6.07) is 3.82. The average Bonchev–Trinajstić information content (AvgIpc) is 2.25. The van der Waals surface area contributed by atoms with Gasteiger partial charge in [0.1, 0.15) is 0 Å². The van der Waals surface area contributed by atoms with Gasteiger partial charge in [0.05, 0.1) is 0 Å². The molecule has 0 aliphatic carbocycles. The van der Waals surface area contributed by atoms with E-state index in [2.05, 4.69) is 5.32 Å². The zero-order valence-electron chi connectivity index (χ0n) is 11.3. The molecule has 0 fully saturated rings. The number of nitrogen functional groups attached to an aromatic ring is 1. The number of aryl methyl sites for hydroxylation is 2. The highest BCUT2D eigenvalue weighted by Gasteiger charge is 2.25. The van der Waals surface area contributed by atoms with Crippen LogP contribution in [0.1, 0.15) is 38.3 Å². The quantitative estimate of drug-likeness (QED) is 0.789. The predicted octanol–water partition coefficient (Wildman–Crippen LogP) is 3.26. The molecular formula is C14H22N2O. The first-order valence-corrected chi connectivity index (χ1v) is 5.96. The lowest BCUT2D eigenvalue weighted by Gasteiger charge is -2.22. The van der Waals surface area contributed by atoms with Crippen molar-refractivity contribution in [2.75, 3.05) is 11.1 Å². The second-order valence-electron chi connectivity index (χ2n) is 5.22. The molecular weight excluding hydrogens is 212 g/mol. The molecule has 0 saturated carbocycles. The van der Waals surface area contributed by atoms with Crippen LogP contribution in [0.15, 0.2) is 12.1 Å². The minimum Gasteiger partial charge on any atom is -0.399 e. The van der Waals surface area contributed by atoms with Crippen LogP contribution >= 0.6 is 0 Å². The smallest absolute Gasteiger partial charge is 0.230 e. The van der Waals surface area contributed by atoms with Crippen LogP contribution in [0.3, 0.4) is 0 Å². The van der Waals surface area contributed by atoms with Crippen molar-refractivity contribution in [3.05, 3.63) is 23.3 Å². The predicted molar refractivity (Wildman–Crippen MR) is 73.0 cm³/mol. The number of anilines is 2. The van der Waals surface area contributed by atoms with Gasteiger partial charge in [0.15, 0.2) is 0 Å². The Labute approximate surface area is 103 Å². The van der Waals surface area contributed by atoms with Crippen LogP contribution < -0.4 is 11.1 Å². The first kappa shape index (κ1) is 13.6. The summed E-state index contributed by atoms with van der Waals surface area (Å²) in [6.45, 7) is 9.80. The van der Waals surface area contributed by atoms with Gasteiger partial charge in [-0.05, 0) is 43.5 Å². The summed E-state index contributed by atoms with van der Waals surface area (Å²) in [6.07, 6.45) is 0.811. The zero-order valence-corrected chi connectivity index (χ0v) is 11.3. The van der Waals surface area contributed by atoms with Crippen molar-refractivity contribution in [1.82, 2.24) is 0 Å². The standard InChI is InChI=1S/C14H22N2O/c1-6-14(4,5)13(17)16-12-8-9(2)11(15)7-10(12)3/h7-8H,6,15H2,1-5H3,(H,16,17). The van der Waals surface area contributed by atoms with Gasteiger partial charge in [-0.15, -0.1) is 0 Å². The lowest BCUT2D eigenvalue weighted by Crippen LogP contribution is -2.30. The molecule has 0 aromatic heterocycles. The fraction of sp³-hybridized carbons (Fsp3) is 0.500. The number of carbonyl (C=O) groups is 1. The molecule has 0 aliphatic rings. The van der Waals surface area contributed by atoms with Crippen LogP contribution in [0.25, 0.3) is 0 Å². The Morgan fingerprint density at radius 1 is 1.29 bits per heavy atom. The number of nitrogens with one attached hydrogen (secondary N) is 1. The number of rotatable bonds is 3. The highest BCUT2D eigenvalue weighted by molar-refractivity contribution is 5.95. The third kappa shape index (κ3) is 2.99. The van der Waals surface area contributed by atoms with Gasteiger partial charge in [0.2, 0.25) is 5.91 Å². The van der Waals surface area contributed by atoms with Crippen molar-refractivity contribution in [3.8, 4) is 0 Å². The van der Waals surface area contributed by atoms with Gasteiger partial charge >= 0.3 is 0 Å². The highest BCUT2D eigenvalue weighted by Crippen LogP contribution is 2.26. The largest absolute Gasteiger partial charge is 0.399 e. The zero-order chi connectivity index (χ0) is 13.2. The van der Waals surface area contributed by atoms with E-state index in [0.717, 1.165) is 28.9 Å². The van der Waals surface area contributed by atoms with Gasteiger partial charge in [-0.25, -0.2) is 0 Å². The maximum absolute atomic E-state index is 12.1. The van der Waals surface area contributed by atoms with E-state index in [9.17, 15) is 4.79 Å². The Morgan fingerprint density at radius 3 is 2.41 bits per heavy atom. The molecule has 1 aromatic carbocycles. The molecule has 0 heterocycles. The van der Waals surface area contributed by atoms with Crippen molar-refractivity contribution in [2.45, 2.75) is 41.0 Å². The number of nitrogens with two attached hydrogens (primary N) is 1. The average molecular weight is 234 g/mol. The lowest BCUT2D eigenvalue weighted by molar-refractivity contribution is -0.124. The fourth-order valence-corrected chi connectivity index (χ4v) is 1.43. The van der Waals surface area contributed by atoms with Gasteiger partial charge in [-0.2, -0.15) is 0 Å². The molecule has 3 N–H and O–H groups in total. The second-order valence-corrected chi connectivity index (χ2v) is 5.22. The SMILES string of the molecule is CCC(C)(C)C(=O)Nc1cc(C)c(N)cc1C. The molecule has 0 radical (unpaired) electrons. The third-order valence-electron chi connectivity index (χ3n) is 3.36. The van der Waals surface area contributed by atoms with E-state index in [-0.39, 0.29) is 11.3 Å². The Bertz CT molecular complexity index is 436. The number of carbonyl (C=O) groups excluding carboxylic acids is 1. The summed E-state index contributed by atoms with van der Waals surface area (Å²) >= 11 is 0. The van der Waals surface area contributed by atoms with E-state index in [1.165, 1.54) is 0 Å². The van der Waals surface area contributed by atoms with Crippen molar-refractivity contribution < 1.29 is 4.79 Å². The van der Waals surface area contributed by atoms with E-state index in [4.69, 9.17) is 5.73 Å². The van der Waals surface area contributed by atoms with Gasteiger partial charge in [0.25, 0.3) is 0 Å². The summed E-state index contributed by atoms with van der Waals surface area (Å²) in [5, 5.41) is 2.97. The van der Waals surface area contributed by atoms with Crippen LogP contribution in [-0.2, 0) is 4.79 Å². The summed E-state index contributed by atoms with van der Waals surface area (Å²) in [5.41, 5.74) is 9.06. The molecule has 0 aliphatic heterocycles. The summed E-state index contributed by atoms with van der Waals surface area (Å²) in [5.74, 6) is 0.0484. The lowest BCUT2D eigenvalue weighted by atomic mass is 9.89. The molecule has 0 saturated heterocycles. The van der Waals surface area contributed by atoms with E-state index in [1.54, 1.807) is 0 Å². The van der Waals surface area contributed by atoms with E-state index >= 15 is 0 Å². The molecule has 3 heteroatoms. The van der Waals surface area contributed by atoms with Crippen molar-refractivity contribution in [1.29, 1.82) is 0 Å². The van der Waals surface area contributed by atoms with Crippen LogP contribution in [0.5, 0.6) is 0 Å². The Morgan fingerprint density at radius 2 is 1.88 bits per heavy atom. The highest BCUT2D eigenvalue weighted by atomic mass is 16.2. The van der Waals surface area contributed by atoms with Crippen LogP contribution in [0.4, 0.5) is 11.4 Å². The topological polar surface area (TPSA) is 55.1 Å².